The van der Waals surface area contributed by atoms with Gasteiger partial charge >= 0.3 is 0 Å². The molecule has 0 aromatic heterocycles. The van der Waals surface area contributed by atoms with Crippen LogP contribution in [0.1, 0.15) is 13.3 Å². The van der Waals surface area contributed by atoms with Crippen LogP contribution in [-0.4, -0.2) is 79.0 Å². The van der Waals surface area contributed by atoms with Gasteiger partial charge < -0.3 is 35.7 Å². The SMILES string of the molecule is CC(O)(CC(O)C(O)CO)C(O)C(O)CO. The molecule has 0 saturated carbocycles. The van der Waals surface area contributed by atoms with Gasteiger partial charge in [-0.25, -0.2) is 0 Å². The summed E-state index contributed by atoms with van der Waals surface area (Å²) in [5.74, 6) is 0. The largest absolute Gasteiger partial charge is 0.394 e. The molecule has 5 unspecified atom stereocenters. The monoisotopic (exact) mass is 240 g/mol. The second-order valence-corrected chi connectivity index (χ2v) is 4.07. The Balaban J connectivity index is 4.43. The molecular formula is C9H20O7. The Morgan fingerprint density at radius 3 is 1.69 bits per heavy atom. The van der Waals surface area contributed by atoms with E-state index in [4.69, 9.17) is 20.4 Å². The molecule has 0 aromatic rings. The van der Waals surface area contributed by atoms with E-state index in [1.165, 1.54) is 0 Å². The highest BCUT2D eigenvalue weighted by atomic mass is 16.4. The normalized spacial score (nSPS) is 23.2. The van der Waals surface area contributed by atoms with Gasteiger partial charge in [0.05, 0.1) is 24.9 Å². The van der Waals surface area contributed by atoms with Gasteiger partial charge in [-0.3, -0.25) is 0 Å². The number of hydrogen-bond acceptors (Lipinski definition) is 7. The molecule has 98 valence electrons. The van der Waals surface area contributed by atoms with E-state index in [1.807, 2.05) is 0 Å². The maximum Gasteiger partial charge on any atom is 0.111 e. The van der Waals surface area contributed by atoms with Gasteiger partial charge in [0.15, 0.2) is 0 Å². The van der Waals surface area contributed by atoms with Crippen molar-refractivity contribution in [3.8, 4) is 0 Å². The second kappa shape index (κ2) is 6.45. The maximum absolute atomic E-state index is 9.73. The third-order valence-electron chi connectivity index (χ3n) is 2.44. The van der Waals surface area contributed by atoms with Crippen LogP contribution >= 0.6 is 0 Å². The summed E-state index contributed by atoms with van der Waals surface area (Å²) in [7, 11) is 0. The summed E-state index contributed by atoms with van der Waals surface area (Å²) in [5, 5.41) is 63.8. The molecule has 0 heterocycles. The molecule has 0 spiro atoms. The molecule has 0 bridgehead atoms. The van der Waals surface area contributed by atoms with Crippen LogP contribution in [0.2, 0.25) is 0 Å². The van der Waals surface area contributed by atoms with E-state index < -0.39 is 49.7 Å². The quantitative estimate of drug-likeness (QED) is 0.245. The highest BCUT2D eigenvalue weighted by Gasteiger charge is 2.38. The summed E-state index contributed by atoms with van der Waals surface area (Å²) in [6.07, 6.45) is -6.55. The van der Waals surface area contributed by atoms with Crippen molar-refractivity contribution in [2.24, 2.45) is 0 Å². The van der Waals surface area contributed by atoms with Crippen LogP contribution in [0.5, 0.6) is 0 Å². The number of rotatable bonds is 7. The highest BCUT2D eigenvalue weighted by Crippen LogP contribution is 2.21. The molecule has 0 amide bonds. The zero-order valence-electron chi connectivity index (χ0n) is 9.06. The van der Waals surface area contributed by atoms with E-state index >= 15 is 0 Å². The van der Waals surface area contributed by atoms with Crippen molar-refractivity contribution in [2.75, 3.05) is 13.2 Å². The summed E-state index contributed by atoms with van der Waals surface area (Å²) >= 11 is 0. The average molecular weight is 240 g/mol. The van der Waals surface area contributed by atoms with Gasteiger partial charge in [-0.1, -0.05) is 0 Å². The lowest BCUT2D eigenvalue weighted by Gasteiger charge is -2.34. The van der Waals surface area contributed by atoms with Crippen LogP contribution in [0.15, 0.2) is 0 Å². The summed E-state index contributed by atoms with van der Waals surface area (Å²) in [5.41, 5.74) is -1.89. The van der Waals surface area contributed by atoms with Gasteiger partial charge in [0, 0.05) is 6.42 Å². The topological polar surface area (TPSA) is 142 Å². The van der Waals surface area contributed by atoms with Crippen molar-refractivity contribution >= 4 is 0 Å². The molecule has 0 aliphatic rings. The maximum atomic E-state index is 9.73. The third kappa shape index (κ3) is 4.30. The lowest BCUT2D eigenvalue weighted by molar-refractivity contribution is -0.150. The zero-order valence-corrected chi connectivity index (χ0v) is 9.06. The first-order valence-electron chi connectivity index (χ1n) is 4.92. The average Bonchev–Trinajstić information content (AvgIpc) is 2.24. The van der Waals surface area contributed by atoms with Crippen molar-refractivity contribution in [1.82, 2.24) is 0 Å². The lowest BCUT2D eigenvalue weighted by Crippen LogP contribution is -2.51. The van der Waals surface area contributed by atoms with Gasteiger partial charge in [0.2, 0.25) is 0 Å². The Morgan fingerprint density at radius 1 is 0.875 bits per heavy atom. The van der Waals surface area contributed by atoms with Crippen LogP contribution < -0.4 is 0 Å². The summed E-state index contributed by atoms with van der Waals surface area (Å²) in [6, 6.07) is 0. The van der Waals surface area contributed by atoms with E-state index in [-0.39, 0.29) is 0 Å². The first kappa shape index (κ1) is 15.7. The molecular weight excluding hydrogens is 220 g/mol. The fraction of sp³-hybridized carbons (Fsp3) is 1.00. The smallest absolute Gasteiger partial charge is 0.111 e. The van der Waals surface area contributed by atoms with Crippen LogP contribution in [0.25, 0.3) is 0 Å². The molecule has 7 heteroatoms. The molecule has 0 saturated heterocycles. The fourth-order valence-corrected chi connectivity index (χ4v) is 1.32. The molecule has 0 aliphatic carbocycles. The van der Waals surface area contributed by atoms with E-state index in [9.17, 15) is 15.3 Å². The minimum absolute atomic E-state index is 0.451. The lowest BCUT2D eigenvalue weighted by atomic mass is 9.87. The first-order valence-corrected chi connectivity index (χ1v) is 4.92. The summed E-state index contributed by atoms with van der Waals surface area (Å²) in [6.45, 7) is -0.282. The van der Waals surface area contributed by atoms with Gasteiger partial charge in [-0.15, -0.1) is 0 Å². The Kier molecular flexibility index (Phi) is 6.34. The first-order chi connectivity index (χ1) is 7.26. The second-order valence-electron chi connectivity index (χ2n) is 4.07. The summed E-state index contributed by atoms with van der Waals surface area (Å²) in [4.78, 5) is 0. The van der Waals surface area contributed by atoms with Gasteiger partial charge in [0.1, 0.15) is 18.3 Å². The molecule has 0 fully saturated rings. The van der Waals surface area contributed by atoms with Crippen LogP contribution in [0.3, 0.4) is 0 Å². The van der Waals surface area contributed by atoms with Crippen molar-refractivity contribution < 1.29 is 35.7 Å². The van der Waals surface area contributed by atoms with Crippen LogP contribution in [0.4, 0.5) is 0 Å². The van der Waals surface area contributed by atoms with Crippen molar-refractivity contribution in [1.29, 1.82) is 0 Å². The number of aliphatic hydroxyl groups excluding tert-OH is 6. The van der Waals surface area contributed by atoms with Gasteiger partial charge in [0.25, 0.3) is 0 Å². The Morgan fingerprint density at radius 2 is 1.31 bits per heavy atom. The fourth-order valence-electron chi connectivity index (χ4n) is 1.32. The number of hydrogen-bond donors (Lipinski definition) is 7. The van der Waals surface area contributed by atoms with E-state index in [2.05, 4.69) is 0 Å². The molecule has 5 atom stereocenters. The molecule has 0 radical (unpaired) electrons. The molecule has 7 nitrogen and oxygen atoms in total. The summed E-state index contributed by atoms with van der Waals surface area (Å²) < 4.78 is 0. The van der Waals surface area contributed by atoms with E-state index in [0.717, 1.165) is 6.92 Å². The minimum Gasteiger partial charge on any atom is -0.394 e. The Bertz CT molecular complexity index is 196. The van der Waals surface area contributed by atoms with Crippen molar-refractivity contribution in [3.05, 3.63) is 0 Å². The minimum atomic E-state index is -1.89. The predicted molar refractivity (Wildman–Crippen MR) is 53.4 cm³/mol. The van der Waals surface area contributed by atoms with Gasteiger partial charge in [-0.2, -0.15) is 0 Å². The standard InChI is InChI=1S/C9H20O7/c1-9(16,8(15)7(14)4-11)2-5(12)6(13)3-10/h5-8,10-16H,2-4H2,1H3. The Labute approximate surface area is 93.2 Å². The third-order valence-corrected chi connectivity index (χ3v) is 2.44. The molecule has 0 aromatic carbocycles. The number of aliphatic hydroxyl groups is 7. The molecule has 16 heavy (non-hydrogen) atoms. The van der Waals surface area contributed by atoms with Crippen LogP contribution in [-0.2, 0) is 0 Å². The predicted octanol–water partition coefficient (Wildman–Crippen LogP) is -3.44. The Hall–Kier alpha value is -0.280. The zero-order chi connectivity index (χ0) is 12.9. The van der Waals surface area contributed by atoms with Crippen molar-refractivity contribution in [2.45, 2.75) is 43.4 Å². The van der Waals surface area contributed by atoms with E-state index in [0.29, 0.717) is 0 Å². The molecule has 0 aliphatic heterocycles. The highest BCUT2D eigenvalue weighted by molar-refractivity contribution is 4.89. The molecule has 7 N–H and O–H groups in total. The van der Waals surface area contributed by atoms with Gasteiger partial charge in [-0.05, 0) is 6.92 Å². The van der Waals surface area contributed by atoms with E-state index in [1.54, 1.807) is 0 Å². The van der Waals surface area contributed by atoms with Crippen LogP contribution in [0, 0.1) is 0 Å². The van der Waals surface area contributed by atoms with Crippen molar-refractivity contribution in [3.63, 3.8) is 0 Å². The molecule has 0 rings (SSSR count).